The summed E-state index contributed by atoms with van der Waals surface area (Å²) in [6.07, 6.45) is 1.79. The monoisotopic (exact) mass is 444 g/mol. The third-order valence-electron chi connectivity index (χ3n) is 5.18. The lowest BCUT2D eigenvalue weighted by Crippen LogP contribution is -2.52. The fourth-order valence-electron chi connectivity index (χ4n) is 3.58. The number of guanidine groups is 1. The topological polar surface area (TPSA) is 108 Å². The molecule has 9 heteroatoms. The van der Waals surface area contributed by atoms with Gasteiger partial charge in [-0.3, -0.25) is 4.90 Å². The Morgan fingerprint density at radius 2 is 2.06 bits per heavy atom. The molecule has 2 aromatic rings. The number of ether oxygens (including phenoxy) is 1. The van der Waals surface area contributed by atoms with E-state index in [1.807, 2.05) is 38.1 Å². The fraction of sp³-hybridized carbons (Fsp3) is 0.609. The molecule has 0 amide bonds. The maximum absolute atomic E-state index is 10.8. The van der Waals surface area contributed by atoms with Gasteiger partial charge in [0.05, 0.1) is 25.4 Å². The Labute approximate surface area is 190 Å². The number of aryl methyl sites for hydroxylation is 1. The zero-order chi connectivity index (χ0) is 22.8. The average molecular weight is 445 g/mol. The molecule has 1 aliphatic rings. The molecule has 3 rings (SSSR count). The number of rotatable bonds is 10. The molecule has 0 radical (unpaired) electrons. The predicted octanol–water partition coefficient (Wildman–Crippen LogP) is 1.83. The number of hydrogen-bond donors (Lipinski definition) is 3. The van der Waals surface area contributed by atoms with Crippen LogP contribution in [0.25, 0.3) is 11.5 Å². The van der Waals surface area contributed by atoms with Crippen molar-refractivity contribution in [3.8, 4) is 11.5 Å². The van der Waals surface area contributed by atoms with E-state index in [0.717, 1.165) is 62.6 Å². The minimum atomic E-state index is -0.873. The van der Waals surface area contributed by atoms with Crippen LogP contribution in [0, 0.1) is 0 Å². The van der Waals surface area contributed by atoms with Crippen molar-refractivity contribution < 1.29 is 14.4 Å². The van der Waals surface area contributed by atoms with Crippen LogP contribution in [0.15, 0.2) is 33.8 Å². The van der Waals surface area contributed by atoms with Gasteiger partial charge in [-0.2, -0.15) is 4.98 Å². The number of hydrogen-bond acceptors (Lipinski definition) is 7. The Bertz CT molecular complexity index is 861. The number of morpholine rings is 1. The van der Waals surface area contributed by atoms with Crippen molar-refractivity contribution in [2.45, 2.75) is 45.8 Å². The lowest BCUT2D eigenvalue weighted by atomic mass is 10.1. The number of aliphatic hydroxyl groups is 1. The van der Waals surface area contributed by atoms with Gasteiger partial charge in [0.25, 0.3) is 5.89 Å². The lowest BCUT2D eigenvalue weighted by molar-refractivity contribution is -0.0201. The van der Waals surface area contributed by atoms with Crippen molar-refractivity contribution in [2.24, 2.45) is 4.99 Å². The summed E-state index contributed by atoms with van der Waals surface area (Å²) >= 11 is 0. The maximum atomic E-state index is 10.8. The molecule has 32 heavy (non-hydrogen) atoms. The van der Waals surface area contributed by atoms with Crippen LogP contribution >= 0.6 is 0 Å². The average Bonchev–Trinajstić information content (AvgIpc) is 3.25. The van der Waals surface area contributed by atoms with Gasteiger partial charge in [-0.15, -0.1) is 0 Å². The van der Waals surface area contributed by atoms with E-state index in [0.29, 0.717) is 31.5 Å². The highest BCUT2D eigenvalue weighted by Crippen LogP contribution is 2.19. The molecule has 1 atom stereocenters. The van der Waals surface area contributed by atoms with E-state index in [-0.39, 0.29) is 0 Å². The van der Waals surface area contributed by atoms with E-state index in [1.54, 1.807) is 0 Å². The molecule has 0 bridgehead atoms. The van der Waals surface area contributed by atoms with E-state index in [2.05, 4.69) is 37.6 Å². The number of β-amino-alcohol motifs (C(OH)–C–C–N with tert-alkyl or cyclic N) is 1. The molecule has 1 fully saturated rings. The molecule has 0 aliphatic carbocycles. The summed E-state index contributed by atoms with van der Waals surface area (Å²) in [7, 11) is 0. The molecule has 1 saturated heterocycles. The van der Waals surface area contributed by atoms with Crippen molar-refractivity contribution in [2.75, 3.05) is 45.9 Å². The Morgan fingerprint density at radius 1 is 1.25 bits per heavy atom. The van der Waals surface area contributed by atoms with Crippen LogP contribution in [-0.2, 0) is 17.7 Å². The second-order valence-corrected chi connectivity index (χ2v) is 8.40. The molecule has 1 unspecified atom stereocenters. The molecule has 0 spiro atoms. The van der Waals surface area contributed by atoms with Crippen molar-refractivity contribution in [3.63, 3.8) is 0 Å². The zero-order valence-electron chi connectivity index (χ0n) is 19.4. The molecule has 1 aromatic carbocycles. The molecular formula is C23H36N6O3. The number of aromatic nitrogens is 2. The summed E-state index contributed by atoms with van der Waals surface area (Å²) in [6, 6.07) is 7.97. The van der Waals surface area contributed by atoms with Gasteiger partial charge in [-0.1, -0.05) is 24.2 Å². The number of aliphatic imine (C=N–C) groups is 1. The van der Waals surface area contributed by atoms with E-state index in [1.165, 1.54) is 0 Å². The van der Waals surface area contributed by atoms with Crippen molar-refractivity contribution in [1.29, 1.82) is 0 Å². The first-order valence-electron chi connectivity index (χ1n) is 11.5. The second-order valence-electron chi connectivity index (χ2n) is 8.40. The van der Waals surface area contributed by atoms with Crippen LogP contribution in [0.4, 0.5) is 0 Å². The largest absolute Gasteiger partial charge is 0.387 e. The van der Waals surface area contributed by atoms with Gasteiger partial charge in [0.15, 0.2) is 11.8 Å². The standard InChI is InChI=1S/C23H36N6O3/c1-4-7-20-27-21(32-28-20)19-9-6-8-18(14-19)15-25-22(24-5-2)26-16-23(3,30)17-29-10-12-31-13-11-29/h6,8-9,14,30H,4-5,7,10-13,15-17H2,1-3H3,(H2,24,25,26). The molecule has 0 saturated carbocycles. The Morgan fingerprint density at radius 3 is 2.81 bits per heavy atom. The summed E-state index contributed by atoms with van der Waals surface area (Å²) < 4.78 is 10.8. The minimum absolute atomic E-state index is 0.401. The highest BCUT2D eigenvalue weighted by Gasteiger charge is 2.25. The Balaban J connectivity index is 1.59. The van der Waals surface area contributed by atoms with Crippen LogP contribution in [0.2, 0.25) is 0 Å². The van der Waals surface area contributed by atoms with Crippen LogP contribution in [-0.4, -0.2) is 77.6 Å². The second kappa shape index (κ2) is 11.9. The summed E-state index contributed by atoms with van der Waals surface area (Å²) in [5.41, 5.74) is 1.05. The fourth-order valence-corrected chi connectivity index (χ4v) is 3.58. The first-order valence-corrected chi connectivity index (χ1v) is 11.5. The molecule has 1 aromatic heterocycles. The van der Waals surface area contributed by atoms with E-state index >= 15 is 0 Å². The SMILES string of the molecule is CCCc1noc(-c2cccc(CN=C(NCC)NCC(C)(O)CN3CCOCC3)c2)n1. The van der Waals surface area contributed by atoms with Gasteiger partial charge in [0, 0.05) is 44.7 Å². The van der Waals surface area contributed by atoms with Crippen LogP contribution in [0.3, 0.4) is 0 Å². The highest BCUT2D eigenvalue weighted by molar-refractivity contribution is 5.79. The Kier molecular flexibility index (Phi) is 9.01. The number of benzene rings is 1. The van der Waals surface area contributed by atoms with E-state index < -0.39 is 5.60 Å². The highest BCUT2D eigenvalue weighted by atomic mass is 16.5. The first-order chi connectivity index (χ1) is 15.5. The molecular weight excluding hydrogens is 408 g/mol. The van der Waals surface area contributed by atoms with Gasteiger partial charge < -0.3 is 25.0 Å². The van der Waals surface area contributed by atoms with Crippen molar-refractivity contribution in [3.05, 3.63) is 35.7 Å². The van der Waals surface area contributed by atoms with E-state index in [4.69, 9.17) is 9.26 Å². The van der Waals surface area contributed by atoms with Crippen molar-refractivity contribution >= 4 is 5.96 Å². The molecule has 3 N–H and O–H groups in total. The van der Waals surface area contributed by atoms with Gasteiger partial charge in [0.1, 0.15) is 0 Å². The van der Waals surface area contributed by atoms with Crippen LogP contribution < -0.4 is 10.6 Å². The van der Waals surface area contributed by atoms with Gasteiger partial charge in [-0.05, 0) is 38.0 Å². The maximum Gasteiger partial charge on any atom is 0.257 e. The normalized spacial score (nSPS) is 17.2. The minimum Gasteiger partial charge on any atom is -0.387 e. The van der Waals surface area contributed by atoms with Gasteiger partial charge in [0.2, 0.25) is 0 Å². The summed E-state index contributed by atoms with van der Waals surface area (Å²) in [5, 5.41) is 21.4. The summed E-state index contributed by atoms with van der Waals surface area (Å²) in [4.78, 5) is 11.4. The van der Waals surface area contributed by atoms with Gasteiger partial charge in [-0.25, -0.2) is 4.99 Å². The molecule has 176 valence electrons. The quantitative estimate of drug-likeness (QED) is 0.376. The van der Waals surface area contributed by atoms with Gasteiger partial charge >= 0.3 is 0 Å². The van der Waals surface area contributed by atoms with E-state index in [9.17, 15) is 5.11 Å². The van der Waals surface area contributed by atoms with Crippen LogP contribution in [0.1, 0.15) is 38.6 Å². The molecule has 1 aliphatic heterocycles. The summed E-state index contributed by atoms with van der Waals surface area (Å²) in [5.74, 6) is 1.93. The lowest BCUT2D eigenvalue weighted by Gasteiger charge is -2.34. The predicted molar refractivity (Wildman–Crippen MR) is 124 cm³/mol. The molecule has 2 heterocycles. The number of nitrogens with one attached hydrogen (secondary N) is 2. The smallest absolute Gasteiger partial charge is 0.257 e. The molecule has 9 nitrogen and oxygen atoms in total. The number of nitrogens with zero attached hydrogens (tertiary/aromatic N) is 4. The third kappa shape index (κ3) is 7.58. The zero-order valence-corrected chi connectivity index (χ0v) is 19.4. The third-order valence-corrected chi connectivity index (χ3v) is 5.18. The van der Waals surface area contributed by atoms with Crippen LogP contribution in [0.5, 0.6) is 0 Å². The van der Waals surface area contributed by atoms with Crippen molar-refractivity contribution in [1.82, 2.24) is 25.7 Å². The first kappa shape index (κ1) is 24.2. The Hall–Kier alpha value is -2.49. The summed E-state index contributed by atoms with van der Waals surface area (Å²) in [6.45, 7) is 11.3.